The zero-order valence-corrected chi connectivity index (χ0v) is 17.9. The Labute approximate surface area is 184 Å². The summed E-state index contributed by atoms with van der Waals surface area (Å²) >= 11 is 0. The zero-order chi connectivity index (χ0) is 22.7. The zero-order valence-electron chi connectivity index (χ0n) is 17.9. The first-order valence-corrected chi connectivity index (χ1v) is 10.3. The fraction of sp³-hybridized carbons (Fsp3) is 0.304. The van der Waals surface area contributed by atoms with Crippen molar-refractivity contribution in [1.29, 1.82) is 0 Å². The van der Waals surface area contributed by atoms with E-state index in [9.17, 15) is 14.4 Å². The van der Waals surface area contributed by atoms with Crippen LogP contribution in [0.25, 0.3) is 10.8 Å². The summed E-state index contributed by atoms with van der Waals surface area (Å²) in [6, 6.07) is 14.1. The molecule has 1 aliphatic rings. The van der Waals surface area contributed by atoms with Gasteiger partial charge < -0.3 is 19.7 Å². The maximum atomic E-state index is 12.7. The molecule has 0 bridgehead atoms. The molecule has 0 aliphatic carbocycles. The highest BCUT2D eigenvalue weighted by Gasteiger charge is 2.23. The van der Waals surface area contributed by atoms with Crippen LogP contribution in [0.15, 0.2) is 53.3 Å². The number of morpholine rings is 1. The van der Waals surface area contributed by atoms with E-state index in [-0.39, 0.29) is 11.3 Å². The molecule has 1 amide bonds. The number of benzene rings is 2. The van der Waals surface area contributed by atoms with Gasteiger partial charge in [-0.05, 0) is 37.3 Å². The van der Waals surface area contributed by atoms with E-state index in [1.807, 2.05) is 12.1 Å². The van der Waals surface area contributed by atoms with Crippen molar-refractivity contribution in [1.82, 2.24) is 9.78 Å². The second kappa shape index (κ2) is 9.19. The number of ether oxygens (including phenoxy) is 2. The van der Waals surface area contributed by atoms with Crippen LogP contribution in [0.2, 0.25) is 0 Å². The molecule has 9 heteroatoms. The van der Waals surface area contributed by atoms with Crippen LogP contribution in [-0.2, 0) is 21.3 Å². The molecule has 1 atom stereocenters. The van der Waals surface area contributed by atoms with Gasteiger partial charge >= 0.3 is 5.97 Å². The van der Waals surface area contributed by atoms with Gasteiger partial charge in [0.15, 0.2) is 11.8 Å². The second-order valence-electron chi connectivity index (χ2n) is 7.51. The number of nitrogens with one attached hydrogen (secondary N) is 1. The molecule has 1 fully saturated rings. The number of anilines is 2. The molecule has 1 aromatic heterocycles. The summed E-state index contributed by atoms with van der Waals surface area (Å²) in [6.45, 7) is 4.53. The second-order valence-corrected chi connectivity index (χ2v) is 7.51. The van der Waals surface area contributed by atoms with Crippen LogP contribution < -0.4 is 15.8 Å². The molecule has 0 saturated carbocycles. The highest BCUT2D eigenvalue weighted by molar-refractivity contribution is 6.03. The average molecular weight is 436 g/mol. The van der Waals surface area contributed by atoms with Gasteiger partial charge in [-0.1, -0.05) is 18.2 Å². The van der Waals surface area contributed by atoms with Crippen molar-refractivity contribution in [2.45, 2.75) is 13.0 Å². The molecule has 166 valence electrons. The van der Waals surface area contributed by atoms with Crippen molar-refractivity contribution in [2.75, 3.05) is 36.5 Å². The Hall–Kier alpha value is -3.72. The number of hydrogen-bond donors (Lipinski definition) is 1. The molecule has 2 heterocycles. The molecule has 4 rings (SSSR count). The average Bonchev–Trinajstić information content (AvgIpc) is 2.82. The first-order valence-electron chi connectivity index (χ1n) is 10.3. The monoisotopic (exact) mass is 436 g/mol. The maximum absolute atomic E-state index is 12.7. The Morgan fingerprint density at radius 1 is 1.06 bits per heavy atom. The van der Waals surface area contributed by atoms with Crippen LogP contribution in [-0.4, -0.2) is 54.1 Å². The third-order valence-electron chi connectivity index (χ3n) is 5.31. The lowest BCUT2D eigenvalue weighted by Gasteiger charge is -2.28. The number of aryl methyl sites for hydroxylation is 1. The van der Waals surface area contributed by atoms with E-state index in [2.05, 4.69) is 15.3 Å². The lowest BCUT2D eigenvalue weighted by atomic mass is 10.1. The molecule has 1 saturated heterocycles. The third-order valence-corrected chi connectivity index (χ3v) is 5.31. The Balaban J connectivity index is 1.43. The summed E-state index contributed by atoms with van der Waals surface area (Å²) in [6.07, 6.45) is -1.06. The first kappa shape index (κ1) is 21.5. The maximum Gasteiger partial charge on any atom is 0.360 e. The highest BCUT2D eigenvalue weighted by Crippen LogP contribution is 2.20. The molecule has 9 nitrogen and oxygen atoms in total. The minimum absolute atomic E-state index is 0.0165. The fourth-order valence-electron chi connectivity index (χ4n) is 3.54. The normalized spacial score (nSPS) is 14.8. The molecule has 32 heavy (non-hydrogen) atoms. The number of carbonyl (C=O) groups is 2. The van der Waals surface area contributed by atoms with Gasteiger partial charge in [-0.3, -0.25) is 9.59 Å². The molecule has 3 aromatic rings. The molecular weight excluding hydrogens is 412 g/mol. The lowest BCUT2D eigenvalue weighted by Crippen LogP contribution is -2.36. The minimum atomic E-state index is -1.06. The number of amides is 1. The fourth-order valence-corrected chi connectivity index (χ4v) is 3.54. The number of nitrogens with zero attached hydrogens (tertiary/aromatic N) is 3. The van der Waals surface area contributed by atoms with Crippen LogP contribution in [0.1, 0.15) is 17.4 Å². The van der Waals surface area contributed by atoms with Gasteiger partial charge in [0, 0.05) is 36.9 Å². The van der Waals surface area contributed by atoms with Gasteiger partial charge in [0.2, 0.25) is 0 Å². The largest absolute Gasteiger partial charge is 0.448 e. The first-order chi connectivity index (χ1) is 15.4. The quantitative estimate of drug-likeness (QED) is 0.610. The Bertz CT molecular complexity index is 1200. The smallest absolute Gasteiger partial charge is 0.360 e. The van der Waals surface area contributed by atoms with E-state index in [0.717, 1.165) is 23.5 Å². The van der Waals surface area contributed by atoms with Crippen LogP contribution in [0.4, 0.5) is 11.4 Å². The van der Waals surface area contributed by atoms with E-state index in [4.69, 9.17) is 9.47 Å². The van der Waals surface area contributed by atoms with Crippen LogP contribution in [0.5, 0.6) is 0 Å². The summed E-state index contributed by atoms with van der Waals surface area (Å²) in [5.74, 6) is -1.24. The summed E-state index contributed by atoms with van der Waals surface area (Å²) in [4.78, 5) is 39.7. The van der Waals surface area contributed by atoms with Crippen molar-refractivity contribution >= 4 is 34.0 Å². The van der Waals surface area contributed by atoms with Gasteiger partial charge in [-0.15, -0.1) is 0 Å². The third kappa shape index (κ3) is 4.47. The highest BCUT2D eigenvalue weighted by atomic mass is 16.5. The number of rotatable bonds is 5. The van der Waals surface area contributed by atoms with Crippen molar-refractivity contribution in [3.8, 4) is 0 Å². The molecule has 1 N–H and O–H groups in total. The molecular formula is C23H24N4O5. The van der Waals surface area contributed by atoms with E-state index >= 15 is 0 Å². The van der Waals surface area contributed by atoms with Crippen LogP contribution in [0, 0.1) is 0 Å². The lowest BCUT2D eigenvalue weighted by molar-refractivity contribution is -0.123. The number of esters is 1. The van der Waals surface area contributed by atoms with Gasteiger partial charge in [-0.2, -0.15) is 5.10 Å². The summed E-state index contributed by atoms with van der Waals surface area (Å²) < 4.78 is 11.8. The number of hydrogen-bond acceptors (Lipinski definition) is 7. The Morgan fingerprint density at radius 3 is 2.41 bits per heavy atom. The number of fused-ring (bicyclic) bond motifs is 1. The summed E-state index contributed by atoms with van der Waals surface area (Å²) in [7, 11) is 1.46. The molecule has 0 spiro atoms. The number of aromatic nitrogens is 2. The summed E-state index contributed by atoms with van der Waals surface area (Å²) in [5, 5.41) is 7.52. The van der Waals surface area contributed by atoms with Gasteiger partial charge in [0.25, 0.3) is 11.5 Å². The Kier molecular flexibility index (Phi) is 6.18. The molecule has 1 unspecified atom stereocenters. The van der Waals surface area contributed by atoms with Crippen molar-refractivity contribution in [3.63, 3.8) is 0 Å². The van der Waals surface area contributed by atoms with E-state index in [0.29, 0.717) is 29.7 Å². The molecule has 2 aromatic carbocycles. The van der Waals surface area contributed by atoms with Gasteiger partial charge in [0.05, 0.1) is 18.6 Å². The Morgan fingerprint density at radius 2 is 1.72 bits per heavy atom. The standard InChI is InChI=1S/C23H24N4O5/c1-15(21(28)24-16-7-9-17(10-8-16)27-11-13-31-14-12-27)32-23(30)20-18-5-3-4-6-19(18)22(29)26(2)25-20/h3-10,15H,11-14H2,1-2H3,(H,24,28). The summed E-state index contributed by atoms with van der Waals surface area (Å²) in [5.41, 5.74) is 1.32. The van der Waals surface area contributed by atoms with Crippen molar-refractivity contribution in [3.05, 3.63) is 64.6 Å². The molecule has 0 radical (unpaired) electrons. The topological polar surface area (TPSA) is 103 Å². The van der Waals surface area contributed by atoms with E-state index in [1.165, 1.54) is 14.0 Å². The SMILES string of the molecule is CC(OC(=O)c1nn(C)c(=O)c2ccccc12)C(=O)Nc1ccc(N2CCOCC2)cc1. The van der Waals surface area contributed by atoms with E-state index in [1.54, 1.807) is 36.4 Å². The minimum Gasteiger partial charge on any atom is -0.448 e. The predicted octanol–water partition coefficient (Wildman–Crippen LogP) is 1.95. The van der Waals surface area contributed by atoms with Crippen LogP contribution in [0.3, 0.4) is 0 Å². The van der Waals surface area contributed by atoms with Gasteiger partial charge in [-0.25, -0.2) is 9.48 Å². The van der Waals surface area contributed by atoms with Crippen molar-refractivity contribution < 1.29 is 19.1 Å². The van der Waals surface area contributed by atoms with E-state index < -0.39 is 18.0 Å². The van der Waals surface area contributed by atoms with Crippen molar-refractivity contribution in [2.24, 2.45) is 7.05 Å². The van der Waals surface area contributed by atoms with Gasteiger partial charge in [0.1, 0.15) is 0 Å². The van der Waals surface area contributed by atoms with Crippen LogP contribution >= 0.6 is 0 Å². The number of carbonyl (C=O) groups excluding carboxylic acids is 2. The predicted molar refractivity (Wildman–Crippen MR) is 120 cm³/mol. The molecule has 1 aliphatic heterocycles.